The van der Waals surface area contributed by atoms with E-state index in [0.717, 1.165) is 22.2 Å². The minimum atomic E-state index is 0.399. The summed E-state index contributed by atoms with van der Waals surface area (Å²) in [5.74, 6) is 0.875. The second-order valence-corrected chi connectivity index (χ2v) is 7.86. The molecule has 0 atom stereocenters. The number of nitrogens with zero attached hydrogens (tertiary/aromatic N) is 6. The topological polar surface area (TPSA) is 95.4 Å². The van der Waals surface area contributed by atoms with Crippen molar-refractivity contribution >= 4 is 39.4 Å². The molecule has 7 nitrogen and oxygen atoms in total. The van der Waals surface area contributed by atoms with Crippen LogP contribution in [0.4, 0.5) is 5.82 Å². The van der Waals surface area contributed by atoms with Gasteiger partial charge in [0.05, 0.1) is 11.9 Å². The molecular weight excluding hydrogens is 489 g/mol. The van der Waals surface area contributed by atoms with Crippen molar-refractivity contribution < 1.29 is 0 Å². The highest BCUT2D eigenvalue weighted by Gasteiger charge is 2.17. The van der Waals surface area contributed by atoms with E-state index >= 15 is 0 Å². The zero-order chi connectivity index (χ0) is 20.5. The Hall–Kier alpha value is -3.40. The summed E-state index contributed by atoms with van der Waals surface area (Å²) < 4.78 is 3.07. The lowest BCUT2D eigenvalue weighted by atomic mass is 10.1. The molecule has 0 radical (unpaired) electrons. The number of pyridine rings is 2. The van der Waals surface area contributed by atoms with Crippen molar-refractivity contribution in [2.75, 3.05) is 5.73 Å². The van der Waals surface area contributed by atoms with Crippen LogP contribution in [-0.4, -0.2) is 29.7 Å². The first kappa shape index (κ1) is 18.6. The molecule has 0 aliphatic carbocycles. The van der Waals surface area contributed by atoms with Gasteiger partial charge in [0.2, 0.25) is 0 Å². The molecule has 0 saturated heterocycles. The van der Waals surface area contributed by atoms with E-state index in [2.05, 4.69) is 54.7 Å². The van der Waals surface area contributed by atoms with Gasteiger partial charge in [-0.05, 0) is 64.0 Å². The number of benzene rings is 1. The SMILES string of the molecule is Nc1nc(-c2nn(Cc3ccccc3I)c3ncccc23)ncc1-c1ccncc1. The third kappa shape index (κ3) is 3.39. The van der Waals surface area contributed by atoms with Crippen LogP contribution in [-0.2, 0) is 6.54 Å². The molecule has 0 fully saturated rings. The number of hydrogen-bond donors (Lipinski definition) is 1. The van der Waals surface area contributed by atoms with Crippen LogP contribution in [0.1, 0.15) is 5.56 Å². The van der Waals surface area contributed by atoms with Gasteiger partial charge in [0.25, 0.3) is 0 Å². The van der Waals surface area contributed by atoms with Gasteiger partial charge in [-0.1, -0.05) is 18.2 Å². The van der Waals surface area contributed by atoms with Crippen molar-refractivity contribution in [3.8, 4) is 22.6 Å². The predicted octanol–water partition coefficient (Wildman–Crippen LogP) is 4.19. The van der Waals surface area contributed by atoms with E-state index in [1.165, 1.54) is 9.13 Å². The highest BCUT2D eigenvalue weighted by molar-refractivity contribution is 14.1. The summed E-state index contributed by atoms with van der Waals surface area (Å²) in [6.45, 7) is 0.608. The van der Waals surface area contributed by atoms with E-state index < -0.39 is 0 Å². The molecule has 5 rings (SSSR count). The molecule has 1 aromatic carbocycles. The number of nitrogen functional groups attached to an aromatic ring is 1. The molecule has 4 aromatic heterocycles. The maximum Gasteiger partial charge on any atom is 0.182 e. The van der Waals surface area contributed by atoms with Gasteiger partial charge in [0, 0.05) is 33.9 Å². The first-order valence-corrected chi connectivity index (χ1v) is 10.4. The Morgan fingerprint density at radius 1 is 0.933 bits per heavy atom. The second-order valence-electron chi connectivity index (χ2n) is 6.70. The highest BCUT2D eigenvalue weighted by Crippen LogP contribution is 2.29. The summed E-state index contributed by atoms with van der Waals surface area (Å²) in [5, 5.41) is 5.69. The Morgan fingerprint density at radius 3 is 2.57 bits per heavy atom. The van der Waals surface area contributed by atoms with Crippen molar-refractivity contribution in [2.24, 2.45) is 0 Å². The van der Waals surface area contributed by atoms with E-state index in [1.54, 1.807) is 24.8 Å². The van der Waals surface area contributed by atoms with Crippen LogP contribution in [0.3, 0.4) is 0 Å². The van der Waals surface area contributed by atoms with Crippen molar-refractivity contribution in [2.45, 2.75) is 6.54 Å². The zero-order valence-corrected chi connectivity index (χ0v) is 17.9. The number of halogens is 1. The Kier molecular flexibility index (Phi) is 4.83. The smallest absolute Gasteiger partial charge is 0.182 e. The van der Waals surface area contributed by atoms with E-state index in [4.69, 9.17) is 10.8 Å². The third-order valence-corrected chi connectivity index (χ3v) is 5.86. The molecule has 0 bridgehead atoms. The fourth-order valence-electron chi connectivity index (χ4n) is 3.34. The van der Waals surface area contributed by atoms with Crippen LogP contribution in [0.2, 0.25) is 0 Å². The Labute approximate surface area is 186 Å². The van der Waals surface area contributed by atoms with Gasteiger partial charge < -0.3 is 5.73 Å². The van der Waals surface area contributed by atoms with Crippen LogP contribution >= 0.6 is 22.6 Å². The zero-order valence-electron chi connectivity index (χ0n) is 15.8. The van der Waals surface area contributed by atoms with Gasteiger partial charge in [0.1, 0.15) is 11.5 Å². The Balaban J connectivity index is 1.60. The maximum atomic E-state index is 6.26. The molecular formula is C22H16IN7. The minimum absolute atomic E-state index is 0.399. The summed E-state index contributed by atoms with van der Waals surface area (Å²) in [7, 11) is 0. The minimum Gasteiger partial charge on any atom is -0.383 e. The summed E-state index contributed by atoms with van der Waals surface area (Å²) in [6.07, 6.45) is 6.93. The fourth-order valence-corrected chi connectivity index (χ4v) is 3.89. The first-order valence-electron chi connectivity index (χ1n) is 9.29. The van der Waals surface area contributed by atoms with Crippen LogP contribution < -0.4 is 5.73 Å². The van der Waals surface area contributed by atoms with Crippen molar-refractivity contribution in [1.29, 1.82) is 0 Å². The number of fused-ring (bicyclic) bond motifs is 1. The van der Waals surface area contributed by atoms with Crippen molar-refractivity contribution in [1.82, 2.24) is 29.7 Å². The van der Waals surface area contributed by atoms with Crippen LogP contribution in [0.15, 0.2) is 73.3 Å². The predicted molar refractivity (Wildman–Crippen MR) is 124 cm³/mol. The molecule has 30 heavy (non-hydrogen) atoms. The van der Waals surface area contributed by atoms with E-state index in [9.17, 15) is 0 Å². The average Bonchev–Trinajstić information content (AvgIpc) is 3.14. The monoisotopic (exact) mass is 505 g/mol. The molecule has 8 heteroatoms. The molecule has 0 spiro atoms. The summed E-state index contributed by atoms with van der Waals surface area (Å²) >= 11 is 2.34. The van der Waals surface area contributed by atoms with E-state index in [0.29, 0.717) is 23.9 Å². The molecule has 2 N–H and O–H groups in total. The van der Waals surface area contributed by atoms with Gasteiger partial charge in [-0.3, -0.25) is 4.98 Å². The molecule has 0 amide bonds. The van der Waals surface area contributed by atoms with Gasteiger partial charge in [-0.15, -0.1) is 0 Å². The number of aromatic nitrogens is 6. The lowest BCUT2D eigenvalue weighted by Gasteiger charge is -2.06. The van der Waals surface area contributed by atoms with Crippen LogP contribution in [0.25, 0.3) is 33.7 Å². The molecule has 0 saturated carbocycles. The van der Waals surface area contributed by atoms with Gasteiger partial charge in [-0.25, -0.2) is 19.6 Å². The normalized spacial score (nSPS) is 11.1. The highest BCUT2D eigenvalue weighted by atomic mass is 127. The molecule has 0 unspecified atom stereocenters. The molecule has 4 heterocycles. The average molecular weight is 505 g/mol. The fraction of sp³-hybridized carbons (Fsp3) is 0.0455. The Morgan fingerprint density at radius 2 is 1.77 bits per heavy atom. The number of rotatable bonds is 4. The Bertz CT molecular complexity index is 1350. The first-order chi connectivity index (χ1) is 14.7. The second kappa shape index (κ2) is 7.79. The quantitative estimate of drug-likeness (QED) is 0.368. The van der Waals surface area contributed by atoms with Gasteiger partial charge in [0.15, 0.2) is 11.5 Å². The molecule has 0 aliphatic heterocycles. The van der Waals surface area contributed by atoms with Gasteiger partial charge in [-0.2, -0.15) is 5.10 Å². The lowest BCUT2D eigenvalue weighted by Crippen LogP contribution is -2.04. The summed E-state index contributed by atoms with van der Waals surface area (Å²) in [6, 6.07) is 15.9. The van der Waals surface area contributed by atoms with E-state index in [-0.39, 0.29) is 0 Å². The standard InChI is InChI=1S/C22H16IN7/c23-18-6-2-1-4-15(18)13-30-22-16(5-3-9-26-22)19(29-30)21-27-12-17(20(24)28-21)14-7-10-25-11-8-14/h1-12H,13H2,(H2,24,27,28). The van der Waals surface area contributed by atoms with E-state index in [1.807, 2.05) is 41.1 Å². The number of anilines is 1. The molecule has 146 valence electrons. The van der Waals surface area contributed by atoms with Crippen molar-refractivity contribution in [3.05, 3.63) is 82.5 Å². The van der Waals surface area contributed by atoms with Gasteiger partial charge >= 0.3 is 0 Å². The molecule has 5 aromatic rings. The number of hydrogen-bond acceptors (Lipinski definition) is 6. The van der Waals surface area contributed by atoms with Crippen molar-refractivity contribution in [3.63, 3.8) is 0 Å². The third-order valence-electron chi connectivity index (χ3n) is 4.81. The summed E-state index contributed by atoms with van der Waals surface area (Å²) in [4.78, 5) is 17.7. The maximum absolute atomic E-state index is 6.26. The number of nitrogens with two attached hydrogens (primary N) is 1. The van der Waals surface area contributed by atoms with Crippen LogP contribution in [0, 0.1) is 3.57 Å². The largest absolute Gasteiger partial charge is 0.383 e. The molecule has 0 aliphatic rings. The van der Waals surface area contributed by atoms with Crippen LogP contribution in [0.5, 0.6) is 0 Å². The lowest BCUT2D eigenvalue weighted by molar-refractivity contribution is 0.703. The summed E-state index contributed by atoms with van der Waals surface area (Å²) in [5.41, 5.74) is 10.6.